The number of likely N-dealkylation sites (tertiary alicyclic amines) is 1. The maximum Gasteiger partial charge on any atom is 0.150 e. The number of hydrogen-bond acceptors (Lipinski definition) is 5. The lowest BCUT2D eigenvalue weighted by molar-refractivity contribution is 0.217. The number of thiazole rings is 1. The number of aromatic nitrogens is 4. The summed E-state index contributed by atoms with van der Waals surface area (Å²) in [5, 5.41) is 10.6. The Hall–Kier alpha value is -1.27. The average Bonchev–Trinajstić information content (AvgIpc) is 3.02. The standard InChI is InChI=1S/C14H21N5S/c1-10-15-12(9-20-10)8-14-16-13(17-18-14)7-11-3-5-19(2)6-4-11/h9,11H,3-8H2,1-2H3,(H,16,17,18). The van der Waals surface area contributed by atoms with Gasteiger partial charge in [-0.05, 0) is 45.8 Å². The minimum absolute atomic E-state index is 0.733. The Labute approximate surface area is 123 Å². The zero-order chi connectivity index (χ0) is 13.9. The summed E-state index contributed by atoms with van der Waals surface area (Å²) < 4.78 is 0. The van der Waals surface area contributed by atoms with Crippen molar-refractivity contribution in [3.63, 3.8) is 0 Å². The molecule has 2 aromatic heterocycles. The first kappa shape index (κ1) is 13.7. The van der Waals surface area contributed by atoms with Gasteiger partial charge in [-0.25, -0.2) is 9.97 Å². The van der Waals surface area contributed by atoms with E-state index in [2.05, 4.69) is 37.5 Å². The quantitative estimate of drug-likeness (QED) is 0.936. The molecule has 3 rings (SSSR count). The third-order valence-corrected chi connectivity index (χ3v) is 4.72. The second-order valence-electron chi connectivity index (χ2n) is 5.68. The van der Waals surface area contributed by atoms with Crippen LogP contribution in [0, 0.1) is 12.8 Å². The molecule has 1 aliphatic heterocycles. The van der Waals surface area contributed by atoms with Crippen molar-refractivity contribution < 1.29 is 0 Å². The van der Waals surface area contributed by atoms with E-state index in [4.69, 9.17) is 0 Å². The van der Waals surface area contributed by atoms with E-state index < -0.39 is 0 Å². The first-order valence-electron chi connectivity index (χ1n) is 7.19. The predicted molar refractivity (Wildman–Crippen MR) is 80.0 cm³/mol. The second-order valence-corrected chi connectivity index (χ2v) is 6.75. The number of rotatable bonds is 4. The van der Waals surface area contributed by atoms with E-state index in [0.29, 0.717) is 0 Å². The predicted octanol–water partition coefficient (Wildman–Crippen LogP) is 2.04. The average molecular weight is 291 g/mol. The van der Waals surface area contributed by atoms with Crippen LogP contribution in [0.25, 0.3) is 0 Å². The summed E-state index contributed by atoms with van der Waals surface area (Å²) in [5.41, 5.74) is 1.08. The van der Waals surface area contributed by atoms with Crippen LogP contribution in [0.3, 0.4) is 0 Å². The molecule has 5 nitrogen and oxygen atoms in total. The molecule has 0 unspecified atom stereocenters. The molecule has 0 spiro atoms. The van der Waals surface area contributed by atoms with Gasteiger partial charge in [-0.2, -0.15) is 5.10 Å². The Morgan fingerprint density at radius 1 is 1.35 bits per heavy atom. The molecule has 0 aliphatic carbocycles. The molecule has 108 valence electrons. The Bertz CT molecular complexity index is 553. The van der Waals surface area contributed by atoms with Crippen LogP contribution in [0.2, 0.25) is 0 Å². The van der Waals surface area contributed by atoms with Crippen molar-refractivity contribution in [1.82, 2.24) is 25.1 Å². The SMILES string of the molecule is Cc1nc(Cc2nc(CC3CCN(C)CC3)n[nH]2)cs1. The number of aryl methyl sites for hydroxylation is 1. The lowest BCUT2D eigenvalue weighted by Crippen LogP contribution is -2.31. The first-order valence-corrected chi connectivity index (χ1v) is 8.06. The van der Waals surface area contributed by atoms with Crippen LogP contribution in [-0.4, -0.2) is 45.2 Å². The van der Waals surface area contributed by atoms with Crippen LogP contribution in [0.5, 0.6) is 0 Å². The Morgan fingerprint density at radius 3 is 2.85 bits per heavy atom. The van der Waals surface area contributed by atoms with Gasteiger partial charge < -0.3 is 4.90 Å². The Balaban J connectivity index is 1.56. The topological polar surface area (TPSA) is 57.7 Å². The lowest BCUT2D eigenvalue weighted by Gasteiger charge is -2.28. The molecule has 1 saturated heterocycles. The molecule has 1 N–H and O–H groups in total. The monoisotopic (exact) mass is 291 g/mol. The van der Waals surface area contributed by atoms with Gasteiger partial charge >= 0.3 is 0 Å². The van der Waals surface area contributed by atoms with Gasteiger partial charge in [0.2, 0.25) is 0 Å². The highest BCUT2D eigenvalue weighted by molar-refractivity contribution is 7.09. The van der Waals surface area contributed by atoms with E-state index in [9.17, 15) is 0 Å². The highest BCUT2D eigenvalue weighted by Gasteiger charge is 2.18. The van der Waals surface area contributed by atoms with Crippen molar-refractivity contribution in [3.05, 3.63) is 27.7 Å². The van der Waals surface area contributed by atoms with E-state index in [-0.39, 0.29) is 0 Å². The summed E-state index contributed by atoms with van der Waals surface area (Å²) in [4.78, 5) is 11.5. The number of nitrogens with zero attached hydrogens (tertiary/aromatic N) is 4. The lowest BCUT2D eigenvalue weighted by atomic mass is 9.94. The first-order chi connectivity index (χ1) is 9.69. The molecule has 1 aliphatic rings. The Morgan fingerprint density at radius 2 is 2.15 bits per heavy atom. The summed E-state index contributed by atoms with van der Waals surface area (Å²) in [6.07, 6.45) is 4.27. The second kappa shape index (κ2) is 6.01. The van der Waals surface area contributed by atoms with Crippen molar-refractivity contribution in [1.29, 1.82) is 0 Å². The van der Waals surface area contributed by atoms with Crippen molar-refractivity contribution >= 4 is 11.3 Å². The van der Waals surface area contributed by atoms with Crippen LogP contribution < -0.4 is 0 Å². The minimum Gasteiger partial charge on any atom is -0.306 e. The molecule has 1 fully saturated rings. The molecular formula is C14H21N5S. The molecule has 0 amide bonds. The molecule has 0 atom stereocenters. The molecule has 0 radical (unpaired) electrons. The van der Waals surface area contributed by atoms with Crippen molar-refractivity contribution in [2.75, 3.05) is 20.1 Å². The fraction of sp³-hybridized carbons (Fsp3) is 0.643. The van der Waals surface area contributed by atoms with Crippen LogP contribution >= 0.6 is 11.3 Å². The summed E-state index contributed by atoms with van der Waals surface area (Å²) in [6, 6.07) is 0. The summed E-state index contributed by atoms with van der Waals surface area (Å²) in [6.45, 7) is 4.42. The molecule has 20 heavy (non-hydrogen) atoms. The van der Waals surface area contributed by atoms with E-state index in [1.807, 2.05) is 6.92 Å². The highest BCUT2D eigenvalue weighted by Crippen LogP contribution is 2.19. The summed E-state index contributed by atoms with van der Waals surface area (Å²) >= 11 is 1.68. The largest absolute Gasteiger partial charge is 0.306 e. The van der Waals surface area contributed by atoms with Gasteiger partial charge in [-0.1, -0.05) is 0 Å². The third-order valence-electron chi connectivity index (χ3n) is 3.90. The number of H-pyrrole nitrogens is 1. The van der Waals surface area contributed by atoms with Crippen molar-refractivity contribution in [2.24, 2.45) is 5.92 Å². The number of aromatic amines is 1. The Kier molecular flexibility index (Phi) is 4.12. The molecule has 3 heterocycles. The normalized spacial score (nSPS) is 17.7. The fourth-order valence-corrected chi connectivity index (χ4v) is 3.30. The van der Waals surface area contributed by atoms with Crippen molar-refractivity contribution in [2.45, 2.75) is 32.6 Å². The number of nitrogens with one attached hydrogen (secondary N) is 1. The van der Waals surface area contributed by atoms with Gasteiger partial charge in [0.25, 0.3) is 0 Å². The number of hydrogen-bond donors (Lipinski definition) is 1. The maximum absolute atomic E-state index is 4.61. The highest BCUT2D eigenvalue weighted by atomic mass is 32.1. The molecular weight excluding hydrogens is 270 g/mol. The van der Waals surface area contributed by atoms with Crippen LogP contribution in [0.4, 0.5) is 0 Å². The van der Waals surface area contributed by atoms with Gasteiger partial charge in [-0.3, -0.25) is 5.10 Å². The van der Waals surface area contributed by atoms with Crippen molar-refractivity contribution in [3.8, 4) is 0 Å². The zero-order valence-electron chi connectivity index (χ0n) is 12.1. The van der Waals surface area contributed by atoms with Gasteiger partial charge in [0.1, 0.15) is 5.82 Å². The van der Waals surface area contributed by atoms with Gasteiger partial charge in [0.05, 0.1) is 17.1 Å². The molecule has 6 heteroatoms. The third kappa shape index (κ3) is 3.43. The minimum atomic E-state index is 0.733. The smallest absolute Gasteiger partial charge is 0.150 e. The zero-order valence-corrected chi connectivity index (χ0v) is 12.9. The number of piperidine rings is 1. The van der Waals surface area contributed by atoms with Crippen LogP contribution in [0.15, 0.2) is 5.38 Å². The summed E-state index contributed by atoms with van der Waals surface area (Å²) in [5.74, 6) is 2.62. The van der Waals surface area contributed by atoms with Gasteiger partial charge in [0, 0.05) is 11.8 Å². The van der Waals surface area contributed by atoms with E-state index >= 15 is 0 Å². The van der Waals surface area contributed by atoms with Gasteiger partial charge in [0.15, 0.2) is 5.82 Å². The van der Waals surface area contributed by atoms with E-state index in [0.717, 1.165) is 41.1 Å². The maximum atomic E-state index is 4.61. The van der Waals surface area contributed by atoms with Crippen LogP contribution in [-0.2, 0) is 12.8 Å². The molecule has 0 bridgehead atoms. The van der Waals surface area contributed by atoms with Gasteiger partial charge in [-0.15, -0.1) is 11.3 Å². The molecule has 0 saturated carbocycles. The van der Waals surface area contributed by atoms with E-state index in [1.165, 1.54) is 25.9 Å². The fourth-order valence-electron chi connectivity index (χ4n) is 2.69. The summed E-state index contributed by atoms with van der Waals surface area (Å²) in [7, 11) is 2.19. The molecule has 0 aromatic carbocycles. The van der Waals surface area contributed by atoms with E-state index in [1.54, 1.807) is 11.3 Å². The van der Waals surface area contributed by atoms with Crippen LogP contribution in [0.1, 0.15) is 35.2 Å². The molecule has 2 aromatic rings.